The predicted molar refractivity (Wildman–Crippen MR) is 145 cm³/mol. The van der Waals surface area contributed by atoms with Crippen LogP contribution in [0, 0.1) is 5.92 Å². The van der Waals surface area contributed by atoms with Gasteiger partial charge in [-0.1, -0.05) is 51.1 Å². The molecule has 0 spiro atoms. The van der Waals surface area contributed by atoms with Crippen molar-refractivity contribution in [1.29, 1.82) is 0 Å². The SMILES string of the molecule is CCC(OCCC=O)OC(OP(CCCCc1ccccc1)CC(=O)N1CCC[C@H]1C(=O)O)C(C)CC. The maximum absolute atomic E-state index is 13.2. The molecule has 5 atom stereocenters. The number of rotatable bonds is 19. The Bertz CT molecular complexity index is 809. The Morgan fingerprint density at radius 1 is 1.19 bits per heavy atom. The van der Waals surface area contributed by atoms with E-state index >= 15 is 0 Å². The average Bonchev–Trinajstić information content (AvgIpc) is 3.41. The van der Waals surface area contributed by atoms with Crippen LogP contribution in [0.2, 0.25) is 0 Å². The zero-order chi connectivity index (χ0) is 27.0. The number of aryl methyl sites for hydroxylation is 1. The fourth-order valence-corrected chi connectivity index (χ4v) is 6.20. The van der Waals surface area contributed by atoms with Crippen LogP contribution in [-0.2, 0) is 34.8 Å². The number of amides is 1. The van der Waals surface area contributed by atoms with Gasteiger partial charge in [0.15, 0.2) is 12.6 Å². The molecule has 4 unspecified atom stereocenters. The highest BCUT2D eigenvalue weighted by Crippen LogP contribution is 2.42. The summed E-state index contributed by atoms with van der Waals surface area (Å²) in [5, 5.41) is 9.54. The zero-order valence-corrected chi connectivity index (χ0v) is 23.4. The molecule has 8 nitrogen and oxygen atoms in total. The number of ether oxygens (including phenoxy) is 2. The Morgan fingerprint density at radius 3 is 2.59 bits per heavy atom. The van der Waals surface area contributed by atoms with Crippen LogP contribution in [-0.4, -0.2) is 72.3 Å². The summed E-state index contributed by atoms with van der Waals surface area (Å²) < 4.78 is 18.4. The largest absolute Gasteiger partial charge is 0.480 e. The predicted octanol–water partition coefficient (Wildman–Crippen LogP) is 5.23. The highest BCUT2D eigenvalue weighted by atomic mass is 31.1. The average molecular weight is 538 g/mol. The molecule has 1 amide bonds. The summed E-state index contributed by atoms with van der Waals surface area (Å²) in [5.41, 5.74) is 1.28. The molecular formula is C28H44NO7P. The molecule has 208 valence electrons. The summed E-state index contributed by atoms with van der Waals surface area (Å²) in [7, 11) is -1.19. The quantitative estimate of drug-likeness (QED) is 0.112. The lowest BCUT2D eigenvalue weighted by Crippen LogP contribution is -2.42. The topological polar surface area (TPSA) is 102 Å². The fraction of sp³-hybridized carbons (Fsp3) is 0.679. The number of carboxylic acid groups (broad SMARTS) is 1. The third-order valence-corrected chi connectivity index (χ3v) is 8.60. The summed E-state index contributed by atoms with van der Waals surface area (Å²) in [6.07, 6.45) is 6.45. The molecule has 0 aromatic heterocycles. The van der Waals surface area contributed by atoms with E-state index in [0.717, 1.165) is 38.1 Å². The van der Waals surface area contributed by atoms with Gasteiger partial charge in [-0.25, -0.2) is 4.79 Å². The first kappa shape index (κ1) is 31.4. The Hall–Kier alpha value is -1.86. The number of carbonyl (C=O) groups excluding carboxylic acids is 2. The van der Waals surface area contributed by atoms with Gasteiger partial charge in [0.05, 0.1) is 12.8 Å². The van der Waals surface area contributed by atoms with Crippen molar-refractivity contribution in [2.24, 2.45) is 5.92 Å². The van der Waals surface area contributed by atoms with Crippen molar-refractivity contribution >= 4 is 26.3 Å². The zero-order valence-electron chi connectivity index (χ0n) is 22.5. The van der Waals surface area contributed by atoms with Crippen molar-refractivity contribution in [3.8, 4) is 0 Å². The molecule has 0 saturated carbocycles. The van der Waals surface area contributed by atoms with Gasteiger partial charge in [-0.05, 0) is 56.7 Å². The maximum atomic E-state index is 13.2. The molecule has 1 aromatic carbocycles. The van der Waals surface area contributed by atoms with E-state index in [2.05, 4.69) is 26.0 Å². The van der Waals surface area contributed by atoms with Crippen molar-refractivity contribution in [2.45, 2.75) is 90.8 Å². The Balaban J connectivity index is 2.07. The second kappa shape index (κ2) is 17.6. The van der Waals surface area contributed by atoms with Gasteiger partial charge in [0.25, 0.3) is 0 Å². The van der Waals surface area contributed by atoms with E-state index in [9.17, 15) is 19.5 Å². The molecule has 1 aliphatic rings. The van der Waals surface area contributed by atoms with Gasteiger partial charge < -0.3 is 28.8 Å². The molecule has 1 saturated heterocycles. The molecule has 1 N–H and O–H groups in total. The standard InChI is InChI=1S/C28H44NO7P/c1-4-22(3)28(35-26(5-2)34-19-12-18-30)36-37(20-10-9-15-23-13-7-6-8-14-23)21-25(31)29-17-11-16-24(29)27(32)33/h6-8,13-14,18,22,24,26,28H,4-5,9-12,15-17,19-21H2,1-3H3,(H,32,33)/t22?,24-,26?,28?,37?/m0/s1. The Labute approximate surface area is 222 Å². The summed E-state index contributed by atoms with van der Waals surface area (Å²) in [6, 6.07) is 9.56. The van der Waals surface area contributed by atoms with Gasteiger partial charge >= 0.3 is 5.97 Å². The van der Waals surface area contributed by atoms with E-state index in [1.165, 1.54) is 10.5 Å². The lowest BCUT2D eigenvalue weighted by Gasteiger charge is -2.32. The molecule has 0 bridgehead atoms. The molecule has 0 aliphatic carbocycles. The number of likely N-dealkylation sites (tertiary alicyclic amines) is 1. The number of aliphatic carboxylic acids is 1. The van der Waals surface area contributed by atoms with Crippen LogP contribution in [0.1, 0.15) is 71.3 Å². The first-order valence-corrected chi connectivity index (χ1v) is 15.2. The van der Waals surface area contributed by atoms with Crippen LogP contribution in [0.4, 0.5) is 0 Å². The molecule has 1 aromatic rings. The third kappa shape index (κ3) is 11.2. The van der Waals surface area contributed by atoms with Crippen molar-refractivity contribution in [1.82, 2.24) is 4.90 Å². The fourth-order valence-electron chi connectivity index (χ4n) is 4.25. The number of hydrogen-bond acceptors (Lipinski definition) is 6. The highest BCUT2D eigenvalue weighted by Gasteiger charge is 2.35. The van der Waals surface area contributed by atoms with E-state index in [-0.39, 0.29) is 24.6 Å². The van der Waals surface area contributed by atoms with Crippen molar-refractivity contribution < 1.29 is 33.5 Å². The van der Waals surface area contributed by atoms with Gasteiger partial charge in [0, 0.05) is 27.0 Å². The second-order valence-electron chi connectivity index (χ2n) is 9.55. The Kier molecular flexibility index (Phi) is 14.9. The molecule has 0 radical (unpaired) electrons. The van der Waals surface area contributed by atoms with E-state index in [1.54, 1.807) is 0 Å². The Morgan fingerprint density at radius 2 is 1.95 bits per heavy atom. The maximum Gasteiger partial charge on any atom is 0.326 e. The number of carboxylic acids is 1. The van der Waals surface area contributed by atoms with E-state index < -0.39 is 32.7 Å². The van der Waals surface area contributed by atoms with Gasteiger partial charge in [0.1, 0.15) is 12.3 Å². The number of unbranched alkanes of at least 4 members (excludes halogenated alkanes) is 1. The third-order valence-electron chi connectivity index (χ3n) is 6.66. The number of nitrogens with zero attached hydrogens (tertiary/aromatic N) is 1. The summed E-state index contributed by atoms with van der Waals surface area (Å²) in [6.45, 7) is 6.82. The minimum Gasteiger partial charge on any atom is -0.480 e. The normalized spacial score (nSPS) is 18.8. The number of aldehydes is 1. The van der Waals surface area contributed by atoms with Crippen LogP contribution in [0.5, 0.6) is 0 Å². The van der Waals surface area contributed by atoms with Gasteiger partial charge in [-0.3, -0.25) is 4.79 Å². The minimum atomic E-state index is -1.19. The molecule has 37 heavy (non-hydrogen) atoms. The van der Waals surface area contributed by atoms with Crippen molar-refractivity contribution in [2.75, 3.05) is 25.5 Å². The van der Waals surface area contributed by atoms with Crippen LogP contribution in [0.25, 0.3) is 0 Å². The highest BCUT2D eigenvalue weighted by molar-refractivity contribution is 7.53. The molecular weight excluding hydrogens is 493 g/mol. The van der Waals surface area contributed by atoms with Crippen molar-refractivity contribution in [3.05, 3.63) is 35.9 Å². The van der Waals surface area contributed by atoms with E-state index in [4.69, 9.17) is 14.0 Å². The first-order chi connectivity index (χ1) is 17.9. The van der Waals surface area contributed by atoms with Crippen LogP contribution < -0.4 is 0 Å². The molecule has 9 heteroatoms. The van der Waals surface area contributed by atoms with Gasteiger partial charge in [-0.15, -0.1) is 0 Å². The lowest BCUT2D eigenvalue weighted by atomic mass is 10.1. The number of hydrogen-bond donors (Lipinski definition) is 1. The van der Waals surface area contributed by atoms with Crippen LogP contribution in [0.3, 0.4) is 0 Å². The molecule has 1 fully saturated rings. The van der Waals surface area contributed by atoms with E-state index in [1.807, 2.05) is 25.1 Å². The number of carbonyl (C=O) groups is 3. The molecule has 1 heterocycles. The van der Waals surface area contributed by atoms with Crippen molar-refractivity contribution in [3.63, 3.8) is 0 Å². The summed E-state index contributed by atoms with van der Waals surface area (Å²) in [5.74, 6) is -1.03. The van der Waals surface area contributed by atoms with Gasteiger partial charge in [-0.2, -0.15) is 0 Å². The lowest BCUT2D eigenvalue weighted by molar-refractivity contribution is -0.232. The van der Waals surface area contributed by atoms with Gasteiger partial charge in [0.2, 0.25) is 5.91 Å². The molecule has 1 aliphatic heterocycles. The van der Waals surface area contributed by atoms with Crippen LogP contribution >= 0.6 is 8.15 Å². The number of benzene rings is 1. The first-order valence-electron chi connectivity index (χ1n) is 13.6. The molecule has 2 rings (SSSR count). The summed E-state index contributed by atoms with van der Waals surface area (Å²) >= 11 is 0. The smallest absolute Gasteiger partial charge is 0.326 e. The minimum absolute atomic E-state index is 0.0756. The van der Waals surface area contributed by atoms with Crippen LogP contribution in [0.15, 0.2) is 30.3 Å². The summed E-state index contributed by atoms with van der Waals surface area (Å²) in [4.78, 5) is 37.0. The van der Waals surface area contributed by atoms with E-state index in [0.29, 0.717) is 32.2 Å². The second-order valence-corrected chi connectivity index (χ2v) is 11.5. The monoisotopic (exact) mass is 537 g/mol.